The molecule has 4 rings (SSSR count). The van der Waals surface area contributed by atoms with Crippen molar-refractivity contribution in [1.29, 1.82) is 0 Å². The number of furan rings is 1. The van der Waals surface area contributed by atoms with E-state index in [0.29, 0.717) is 17.1 Å². The Balaban J connectivity index is 1.51. The van der Waals surface area contributed by atoms with E-state index >= 15 is 0 Å². The fourth-order valence-corrected chi connectivity index (χ4v) is 3.20. The highest BCUT2D eigenvalue weighted by molar-refractivity contribution is 6.02. The summed E-state index contributed by atoms with van der Waals surface area (Å²) in [7, 11) is 0. The third-order valence-electron chi connectivity index (χ3n) is 4.65. The lowest BCUT2D eigenvalue weighted by Gasteiger charge is -2.28. The number of ether oxygens (including phenoxy) is 1. The highest BCUT2D eigenvalue weighted by Crippen LogP contribution is 2.35. The van der Waals surface area contributed by atoms with Crippen molar-refractivity contribution in [2.45, 2.75) is 13.0 Å². The normalized spacial score (nSPS) is 14.2. The third-order valence-corrected chi connectivity index (χ3v) is 4.65. The third kappa shape index (κ3) is 3.62. The first-order chi connectivity index (χ1) is 13.9. The van der Waals surface area contributed by atoms with Gasteiger partial charge in [0.2, 0.25) is 5.91 Å². The van der Waals surface area contributed by atoms with Crippen molar-refractivity contribution in [2.24, 2.45) is 0 Å². The molecule has 2 amide bonds. The topological polar surface area (TPSA) is 115 Å². The molecular weight excluding hydrogens is 378 g/mol. The van der Waals surface area contributed by atoms with Gasteiger partial charge in [-0.15, -0.1) is 0 Å². The predicted octanol–water partition coefficient (Wildman–Crippen LogP) is 2.94. The van der Waals surface area contributed by atoms with E-state index in [-0.39, 0.29) is 24.5 Å². The van der Waals surface area contributed by atoms with E-state index in [1.807, 2.05) is 30.3 Å². The number of anilines is 1. The molecule has 2 heterocycles. The zero-order valence-corrected chi connectivity index (χ0v) is 15.5. The second-order valence-electron chi connectivity index (χ2n) is 6.65. The van der Waals surface area contributed by atoms with Crippen LogP contribution >= 0.6 is 0 Å². The number of para-hydroxylation sites is 1. The SMILES string of the molecule is C[C@@H](NC(=O)CN1C(=O)COc2ccc([N+](=O)[O-])cc21)c1cc2ccccc2o1. The first-order valence-electron chi connectivity index (χ1n) is 8.92. The molecule has 0 unspecified atom stereocenters. The zero-order chi connectivity index (χ0) is 20.5. The lowest BCUT2D eigenvalue weighted by Crippen LogP contribution is -2.45. The average Bonchev–Trinajstić information content (AvgIpc) is 3.14. The summed E-state index contributed by atoms with van der Waals surface area (Å²) in [6.07, 6.45) is 0. The quantitative estimate of drug-likeness (QED) is 0.525. The number of amides is 2. The van der Waals surface area contributed by atoms with E-state index in [4.69, 9.17) is 9.15 Å². The molecule has 2 aromatic carbocycles. The Kier molecular flexibility index (Phi) is 4.63. The van der Waals surface area contributed by atoms with Crippen LogP contribution < -0.4 is 15.0 Å². The number of hydrogen-bond donors (Lipinski definition) is 1. The number of rotatable bonds is 5. The average molecular weight is 395 g/mol. The summed E-state index contributed by atoms with van der Waals surface area (Å²) in [4.78, 5) is 36.5. The van der Waals surface area contributed by atoms with Crippen LogP contribution in [0.25, 0.3) is 11.0 Å². The van der Waals surface area contributed by atoms with Crippen LogP contribution in [-0.4, -0.2) is 29.9 Å². The van der Waals surface area contributed by atoms with E-state index in [9.17, 15) is 19.7 Å². The first-order valence-corrected chi connectivity index (χ1v) is 8.92. The van der Waals surface area contributed by atoms with Crippen molar-refractivity contribution in [3.63, 3.8) is 0 Å². The largest absolute Gasteiger partial charge is 0.482 e. The second kappa shape index (κ2) is 7.27. The minimum absolute atomic E-state index is 0.192. The summed E-state index contributed by atoms with van der Waals surface area (Å²) in [6, 6.07) is 12.9. The predicted molar refractivity (Wildman–Crippen MR) is 104 cm³/mol. The van der Waals surface area contributed by atoms with E-state index < -0.39 is 22.8 Å². The fourth-order valence-electron chi connectivity index (χ4n) is 3.20. The molecule has 0 radical (unpaired) electrons. The number of fused-ring (bicyclic) bond motifs is 2. The lowest BCUT2D eigenvalue weighted by atomic mass is 10.2. The molecule has 9 heteroatoms. The molecule has 148 valence electrons. The molecule has 1 aliphatic rings. The van der Waals surface area contributed by atoms with Crippen molar-refractivity contribution < 1.29 is 23.7 Å². The monoisotopic (exact) mass is 395 g/mol. The van der Waals surface area contributed by atoms with Crippen molar-refractivity contribution in [1.82, 2.24) is 5.32 Å². The Bertz CT molecular complexity index is 1090. The fraction of sp³-hybridized carbons (Fsp3) is 0.200. The number of carbonyl (C=O) groups is 2. The van der Waals surface area contributed by atoms with Gasteiger partial charge in [0.05, 0.1) is 16.7 Å². The van der Waals surface area contributed by atoms with Crippen molar-refractivity contribution in [3.05, 3.63) is 64.4 Å². The molecule has 0 saturated carbocycles. The van der Waals surface area contributed by atoms with Gasteiger partial charge in [-0.05, 0) is 25.1 Å². The van der Waals surface area contributed by atoms with Gasteiger partial charge in [0.1, 0.15) is 23.6 Å². The zero-order valence-electron chi connectivity index (χ0n) is 15.5. The molecule has 0 fully saturated rings. The molecule has 0 saturated heterocycles. The number of non-ortho nitro benzene ring substituents is 1. The van der Waals surface area contributed by atoms with Gasteiger partial charge in [-0.2, -0.15) is 0 Å². The van der Waals surface area contributed by atoms with Gasteiger partial charge in [-0.3, -0.25) is 24.6 Å². The van der Waals surface area contributed by atoms with Crippen molar-refractivity contribution in [3.8, 4) is 5.75 Å². The Hall–Kier alpha value is -3.88. The van der Waals surface area contributed by atoms with E-state index in [1.54, 1.807) is 6.92 Å². The van der Waals surface area contributed by atoms with E-state index in [2.05, 4.69) is 5.32 Å². The van der Waals surface area contributed by atoms with Crippen LogP contribution in [0.5, 0.6) is 5.75 Å². The van der Waals surface area contributed by atoms with Crippen molar-refractivity contribution >= 4 is 34.2 Å². The summed E-state index contributed by atoms with van der Waals surface area (Å²) in [5.41, 5.74) is 0.721. The lowest BCUT2D eigenvalue weighted by molar-refractivity contribution is -0.384. The molecule has 0 spiro atoms. The van der Waals surface area contributed by atoms with Crippen LogP contribution in [0, 0.1) is 10.1 Å². The van der Waals surface area contributed by atoms with Crippen molar-refractivity contribution in [2.75, 3.05) is 18.1 Å². The summed E-state index contributed by atoms with van der Waals surface area (Å²) < 4.78 is 11.1. The molecule has 0 aliphatic carbocycles. The maximum atomic E-state index is 12.6. The van der Waals surface area contributed by atoms with Gasteiger partial charge in [0.15, 0.2) is 6.61 Å². The van der Waals surface area contributed by atoms with Gasteiger partial charge in [-0.25, -0.2) is 0 Å². The van der Waals surface area contributed by atoms with Crippen LogP contribution in [0.3, 0.4) is 0 Å². The second-order valence-corrected chi connectivity index (χ2v) is 6.65. The molecular formula is C20H17N3O6. The number of nitrogens with one attached hydrogen (secondary N) is 1. The molecule has 1 atom stereocenters. The minimum Gasteiger partial charge on any atom is -0.482 e. The first kappa shape index (κ1) is 18.5. The summed E-state index contributed by atoms with van der Waals surface area (Å²) in [5.74, 6) is 0.0208. The molecule has 9 nitrogen and oxygen atoms in total. The highest BCUT2D eigenvalue weighted by Gasteiger charge is 2.29. The van der Waals surface area contributed by atoms with E-state index in [1.165, 1.54) is 23.1 Å². The number of nitro benzene ring substituents is 1. The highest BCUT2D eigenvalue weighted by atomic mass is 16.6. The van der Waals surface area contributed by atoms with Gasteiger partial charge in [0, 0.05) is 17.5 Å². The number of nitrogens with zero attached hydrogens (tertiary/aromatic N) is 2. The minimum atomic E-state index is -0.568. The van der Waals surface area contributed by atoms with Gasteiger partial charge < -0.3 is 14.5 Å². The van der Waals surface area contributed by atoms with Gasteiger partial charge in [0.25, 0.3) is 11.6 Å². The van der Waals surface area contributed by atoms with Crippen LogP contribution in [0.4, 0.5) is 11.4 Å². The number of carbonyl (C=O) groups excluding carboxylic acids is 2. The Labute approximate surface area is 165 Å². The number of nitro groups is 1. The molecule has 1 N–H and O–H groups in total. The molecule has 1 aromatic heterocycles. The summed E-state index contributed by atoms with van der Waals surface area (Å²) >= 11 is 0. The summed E-state index contributed by atoms with van der Waals surface area (Å²) in [5, 5.41) is 14.8. The maximum absolute atomic E-state index is 12.6. The Morgan fingerprint density at radius 2 is 2.07 bits per heavy atom. The number of hydrogen-bond acceptors (Lipinski definition) is 6. The number of benzene rings is 2. The molecule has 0 bridgehead atoms. The standard InChI is InChI=1S/C20H17N3O6/c1-12(18-8-13-4-2-3-5-16(13)29-18)21-19(24)10-22-15-9-14(23(26)27)6-7-17(15)28-11-20(22)25/h2-9,12H,10-11H2,1H3,(H,21,24)/t12-/m1/s1. The Morgan fingerprint density at radius 1 is 1.28 bits per heavy atom. The van der Waals surface area contributed by atoms with Crippen LogP contribution in [0.15, 0.2) is 52.9 Å². The molecule has 1 aliphatic heterocycles. The van der Waals surface area contributed by atoms with Crippen LogP contribution in [0.1, 0.15) is 18.7 Å². The van der Waals surface area contributed by atoms with Gasteiger partial charge >= 0.3 is 0 Å². The van der Waals surface area contributed by atoms with Crippen LogP contribution in [0.2, 0.25) is 0 Å². The smallest absolute Gasteiger partial charge is 0.271 e. The molecule has 29 heavy (non-hydrogen) atoms. The van der Waals surface area contributed by atoms with Gasteiger partial charge in [-0.1, -0.05) is 18.2 Å². The molecule has 3 aromatic rings. The van der Waals surface area contributed by atoms with E-state index in [0.717, 1.165) is 5.39 Å². The maximum Gasteiger partial charge on any atom is 0.271 e. The summed E-state index contributed by atoms with van der Waals surface area (Å²) in [6.45, 7) is 1.24. The Morgan fingerprint density at radius 3 is 2.83 bits per heavy atom. The van der Waals surface area contributed by atoms with Crippen LogP contribution in [-0.2, 0) is 9.59 Å².